The van der Waals surface area contributed by atoms with E-state index < -0.39 is 0 Å². The maximum Gasteiger partial charge on any atom is 0.0615 e. The average molecular weight is 219 g/mol. The molecular weight excluding hydrogens is 202 g/mol. The lowest BCUT2D eigenvalue weighted by Crippen LogP contribution is -2.42. The molecule has 0 amide bonds. The van der Waals surface area contributed by atoms with Crippen molar-refractivity contribution in [1.82, 2.24) is 14.7 Å². The van der Waals surface area contributed by atoms with E-state index in [0.29, 0.717) is 18.6 Å². The van der Waals surface area contributed by atoms with Crippen LogP contribution >= 0.6 is 0 Å². The summed E-state index contributed by atoms with van der Waals surface area (Å²) in [5, 5.41) is 14.1. The summed E-state index contributed by atoms with van der Waals surface area (Å²) in [6.07, 6.45) is 5.46. The van der Waals surface area contributed by atoms with Gasteiger partial charge in [0.1, 0.15) is 0 Å². The molecule has 0 aromatic carbocycles. The summed E-state index contributed by atoms with van der Waals surface area (Å²) in [5.74, 6) is 0.677. The van der Waals surface area contributed by atoms with Gasteiger partial charge in [0.15, 0.2) is 0 Å². The van der Waals surface area contributed by atoms with Crippen LogP contribution < -0.4 is 0 Å². The number of nitrogens with zero attached hydrogens (tertiary/aromatic N) is 3. The van der Waals surface area contributed by atoms with Gasteiger partial charge in [-0.2, -0.15) is 5.10 Å². The number of fused-ring (bicyclic) bond motifs is 5. The van der Waals surface area contributed by atoms with Crippen LogP contribution in [0.15, 0.2) is 12.3 Å². The number of rotatable bonds is 1. The average Bonchev–Trinajstić information content (AvgIpc) is 2.93. The lowest BCUT2D eigenvalue weighted by molar-refractivity contribution is 0.0765. The molecule has 1 N–H and O–H groups in total. The Kier molecular flexibility index (Phi) is 1.65. The summed E-state index contributed by atoms with van der Waals surface area (Å²) in [6.45, 7) is 2.52. The summed E-state index contributed by atoms with van der Waals surface area (Å²) in [5.41, 5.74) is 1.47. The fourth-order valence-corrected chi connectivity index (χ4v) is 4.24. The van der Waals surface area contributed by atoms with Gasteiger partial charge in [-0.15, -0.1) is 0 Å². The molecule has 3 unspecified atom stereocenters. The van der Waals surface area contributed by atoms with E-state index in [2.05, 4.69) is 20.7 Å². The van der Waals surface area contributed by atoms with Crippen molar-refractivity contribution in [2.75, 3.05) is 13.2 Å². The van der Waals surface area contributed by atoms with Crippen LogP contribution in [-0.4, -0.2) is 38.5 Å². The highest BCUT2D eigenvalue weighted by molar-refractivity contribution is 5.21. The van der Waals surface area contributed by atoms with Gasteiger partial charge >= 0.3 is 0 Å². The number of aromatic nitrogens is 2. The van der Waals surface area contributed by atoms with E-state index in [1.165, 1.54) is 18.5 Å². The molecule has 4 rings (SSSR count). The lowest BCUT2D eigenvalue weighted by Gasteiger charge is -2.32. The Balaban J connectivity index is 1.78. The topological polar surface area (TPSA) is 41.3 Å². The molecule has 3 atom stereocenters. The van der Waals surface area contributed by atoms with Crippen LogP contribution in [0.1, 0.15) is 31.0 Å². The molecule has 4 heterocycles. The van der Waals surface area contributed by atoms with E-state index in [4.69, 9.17) is 0 Å². The molecule has 3 aliphatic rings. The number of hydrogen-bond acceptors (Lipinski definition) is 3. The first-order valence-electron chi connectivity index (χ1n) is 6.23. The highest BCUT2D eigenvalue weighted by atomic mass is 16.3. The second-order valence-electron chi connectivity index (χ2n) is 5.53. The van der Waals surface area contributed by atoms with Crippen LogP contribution in [0.2, 0.25) is 0 Å². The summed E-state index contributed by atoms with van der Waals surface area (Å²) in [7, 11) is 0. The van der Waals surface area contributed by atoms with Crippen LogP contribution in [-0.2, 0) is 6.54 Å². The van der Waals surface area contributed by atoms with Crippen molar-refractivity contribution in [1.29, 1.82) is 0 Å². The summed E-state index contributed by atoms with van der Waals surface area (Å²) in [6, 6.07) is 2.67. The normalized spacial score (nSPS) is 41.1. The largest absolute Gasteiger partial charge is 0.394 e. The molecule has 0 aliphatic carbocycles. The fourth-order valence-electron chi connectivity index (χ4n) is 4.24. The quantitative estimate of drug-likeness (QED) is 0.759. The van der Waals surface area contributed by atoms with Crippen molar-refractivity contribution < 1.29 is 5.11 Å². The smallest absolute Gasteiger partial charge is 0.0615 e. The van der Waals surface area contributed by atoms with Crippen molar-refractivity contribution in [3.05, 3.63) is 18.0 Å². The maximum atomic E-state index is 9.72. The first-order valence-corrected chi connectivity index (χ1v) is 6.23. The predicted molar refractivity (Wildman–Crippen MR) is 58.8 cm³/mol. The van der Waals surface area contributed by atoms with Gasteiger partial charge in [-0.25, -0.2) is 0 Å². The Bertz CT molecular complexity index is 430. The minimum absolute atomic E-state index is 0.102. The SMILES string of the molecule is OCC12CCCN1C1c3ccnn3CC1C2. The van der Waals surface area contributed by atoms with E-state index in [-0.39, 0.29) is 5.54 Å². The molecule has 3 aliphatic heterocycles. The van der Waals surface area contributed by atoms with Gasteiger partial charge < -0.3 is 5.11 Å². The van der Waals surface area contributed by atoms with Gasteiger partial charge in [-0.05, 0) is 31.9 Å². The lowest BCUT2D eigenvalue weighted by atomic mass is 9.90. The standard InChI is InChI=1S/C12H17N3O/c16-8-12-3-1-5-14(12)11-9(6-12)7-15-10(11)2-4-13-15/h2,4,9,11,16H,1,3,5-8H2. The van der Waals surface area contributed by atoms with E-state index >= 15 is 0 Å². The van der Waals surface area contributed by atoms with Crippen LogP contribution in [0.4, 0.5) is 0 Å². The summed E-state index contributed by atoms with van der Waals surface area (Å²) >= 11 is 0. The summed E-state index contributed by atoms with van der Waals surface area (Å²) < 4.78 is 2.15. The Morgan fingerprint density at radius 3 is 3.38 bits per heavy atom. The zero-order valence-electron chi connectivity index (χ0n) is 9.34. The molecule has 4 nitrogen and oxygen atoms in total. The first-order chi connectivity index (χ1) is 7.84. The monoisotopic (exact) mass is 219 g/mol. The van der Waals surface area contributed by atoms with Crippen molar-refractivity contribution >= 4 is 0 Å². The molecule has 86 valence electrons. The maximum absolute atomic E-state index is 9.72. The third-order valence-electron chi connectivity index (χ3n) is 4.83. The third-order valence-corrected chi connectivity index (χ3v) is 4.83. The Morgan fingerprint density at radius 2 is 2.50 bits per heavy atom. The molecule has 0 saturated carbocycles. The zero-order chi connectivity index (χ0) is 10.8. The van der Waals surface area contributed by atoms with Gasteiger partial charge in [0.2, 0.25) is 0 Å². The molecule has 16 heavy (non-hydrogen) atoms. The van der Waals surface area contributed by atoms with Crippen LogP contribution in [0, 0.1) is 5.92 Å². The highest BCUT2D eigenvalue weighted by Crippen LogP contribution is 2.54. The molecule has 1 aromatic heterocycles. The number of hydrogen-bond donors (Lipinski definition) is 1. The summed E-state index contributed by atoms with van der Waals surface area (Å²) in [4.78, 5) is 2.55. The van der Waals surface area contributed by atoms with E-state index in [9.17, 15) is 5.11 Å². The van der Waals surface area contributed by atoms with Gasteiger partial charge in [-0.1, -0.05) is 0 Å². The molecule has 0 radical (unpaired) electrons. The number of aliphatic hydroxyl groups is 1. The number of aliphatic hydroxyl groups excluding tert-OH is 1. The van der Waals surface area contributed by atoms with Crippen LogP contribution in [0.5, 0.6) is 0 Å². The first kappa shape index (κ1) is 9.19. The molecule has 2 fully saturated rings. The zero-order valence-corrected chi connectivity index (χ0v) is 9.34. The van der Waals surface area contributed by atoms with Gasteiger partial charge in [0, 0.05) is 24.2 Å². The Hall–Kier alpha value is -0.870. The second kappa shape index (κ2) is 2.87. The van der Waals surface area contributed by atoms with Crippen LogP contribution in [0.3, 0.4) is 0 Å². The minimum Gasteiger partial charge on any atom is -0.394 e. The molecule has 2 saturated heterocycles. The van der Waals surface area contributed by atoms with Gasteiger partial charge in [0.25, 0.3) is 0 Å². The van der Waals surface area contributed by atoms with Crippen molar-refractivity contribution in [3.63, 3.8) is 0 Å². The van der Waals surface area contributed by atoms with Crippen molar-refractivity contribution in [2.24, 2.45) is 5.92 Å². The molecule has 0 spiro atoms. The van der Waals surface area contributed by atoms with Gasteiger partial charge in [-0.3, -0.25) is 9.58 Å². The Morgan fingerprint density at radius 1 is 1.56 bits per heavy atom. The van der Waals surface area contributed by atoms with E-state index in [1.807, 2.05) is 6.20 Å². The predicted octanol–water partition coefficient (Wildman–Crippen LogP) is 0.785. The van der Waals surface area contributed by atoms with Gasteiger partial charge in [0.05, 0.1) is 18.3 Å². The fraction of sp³-hybridized carbons (Fsp3) is 0.750. The van der Waals surface area contributed by atoms with Crippen LogP contribution in [0.25, 0.3) is 0 Å². The van der Waals surface area contributed by atoms with E-state index in [0.717, 1.165) is 19.5 Å². The van der Waals surface area contributed by atoms with Crippen molar-refractivity contribution in [2.45, 2.75) is 37.4 Å². The second-order valence-corrected chi connectivity index (χ2v) is 5.53. The minimum atomic E-state index is 0.102. The van der Waals surface area contributed by atoms with E-state index in [1.54, 1.807) is 0 Å². The molecule has 1 aromatic rings. The molecular formula is C12H17N3O. The highest BCUT2D eigenvalue weighted by Gasteiger charge is 2.56. The van der Waals surface area contributed by atoms with Crippen molar-refractivity contribution in [3.8, 4) is 0 Å². The molecule has 0 bridgehead atoms. The Labute approximate surface area is 94.9 Å². The molecule has 4 heteroatoms. The third kappa shape index (κ3) is 0.908.